The predicted octanol–water partition coefficient (Wildman–Crippen LogP) is 4.68. The summed E-state index contributed by atoms with van der Waals surface area (Å²) < 4.78 is 1.17. The van der Waals surface area contributed by atoms with Crippen LogP contribution in [0.4, 0.5) is 0 Å². The maximum Gasteiger partial charge on any atom is 0.0208 e. The molecule has 0 saturated heterocycles. The molecule has 0 radical (unpaired) electrons. The Morgan fingerprint density at radius 1 is 1.12 bits per heavy atom. The SMILES string of the molecule is Brc1cccc(CNC2CCCCCC2)c1.Cl. The molecule has 17 heavy (non-hydrogen) atoms. The Kier molecular flexibility index (Phi) is 7.17. The van der Waals surface area contributed by atoms with Crippen molar-refractivity contribution in [2.24, 2.45) is 0 Å². The molecule has 96 valence electrons. The average molecular weight is 319 g/mol. The minimum atomic E-state index is 0. The first-order valence-corrected chi connectivity index (χ1v) is 7.12. The van der Waals surface area contributed by atoms with E-state index >= 15 is 0 Å². The highest BCUT2D eigenvalue weighted by atomic mass is 79.9. The van der Waals surface area contributed by atoms with Gasteiger partial charge in [0.05, 0.1) is 0 Å². The van der Waals surface area contributed by atoms with Gasteiger partial charge in [0.15, 0.2) is 0 Å². The van der Waals surface area contributed by atoms with Crippen LogP contribution >= 0.6 is 28.3 Å². The summed E-state index contributed by atoms with van der Waals surface area (Å²) in [5.74, 6) is 0. The molecule has 1 aliphatic carbocycles. The summed E-state index contributed by atoms with van der Waals surface area (Å²) in [6, 6.07) is 9.31. The van der Waals surface area contributed by atoms with Crippen LogP contribution in [0.25, 0.3) is 0 Å². The fourth-order valence-corrected chi connectivity index (χ4v) is 2.84. The van der Waals surface area contributed by atoms with Gasteiger partial charge in [0, 0.05) is 17.1 Å². The maximum absolute atomic E-state index is 3.68. The number of rotatable bonds is 3. The topological polar surface area (TPSA) is 12.0 Å². The van der Waals surface area contributed by atoms with Crippen molar-refractivity contribution in [1.82, 2.24) is 5.32 Å². The van der Waals surface area contributed by atoms with Crippen LogP contribution in [0, 0.1) is 0 Å². The lowest BCUT2D eigenvalue weighted by molar-refractivity contribution is 0.459. The molecular formula is C14H21BrClN. The van der Waals surface area contributed by atoms with Crippen LogP contribution in [-0.4, -0.2) is 6.04 Å². The highest BCUT2D eigenvalue weighted by Gasteiger charge is 2.10. The van der Waals surface area contributed by atoms with E-state index in [0.29, 0.717) is 0 Å². The normalized spacial score (nSPS) is 17.2. The Labute approximate surface area is 119 Å². The first kappa shape index (κ1) is 15.0. The highest BCUT2D eigenvalue weighted by Crippen LogP contribution is 2.18. The smallest absolute Gasteiger partial charge is 0.0208 e. The van der Waals surface area contributed by atoms with Gasteiger partial charge in [-0.25, -0.2) is 0 Å². The van der Waals surface area contributed by atoms with Gasteiger partial charge in [0.1, 0.15) is 0 Å². The van der Waals surface area contributed by atoms with Crippen LogP contribution in [0.5, 0.6) is 0 Å². The number of hydrogen-bond acceptors (Lipinski definition) is 1. The summed E-state index contributed by atoms with van der Waals surface area (Å²) in [7, 11) is 0. The van der Waals surface area contributed by atoms with E-state index in [1.54, 1.807) is 0 Å². The van der Waals surface area contributed by atoms with Crippen LogP contribution in [0.3, 0.4) is 0 Å². The van der Waals surface area contributed by atoms with Gasteiger partial charge in [-0.2, -0.15) is 0 Å². The molecule has 0 bridgehead atoms. The number of halogens is 2. The zero-order valence-corrected chi connectivity index (χ0v) is 12.5. The quantitative estimate of drug-likeness (QED) is 0.798. The van der Waals surface area contributed by atoms with Crippen LogP contribution in [0.15, 0.2) is 28.7 Å². The van der Waals surface area contributed by atoms with E-state index in [1.165, 1.54) is 48.6 Å². The van der Waals surface area contributed by atoms with Crippen LogP contribution in [-0.2, 0) is 6.54 Å². The van der Waals surface area contributed by atoms with Crippen molar-refractivity contribution in [1.29, 1.82) is 0 Å². The third-order valence-electron chi connectivity index (χ3n) is 3.34. The van der Waals surface area contributed by atoms with E-state index in [4.69, 9.17) is 0 Å². The first-order valence-electron chi connectivity index (χ1n) is 6.32. The van der Waals surface area contributed by atoms with Crippen molar-refractivity contribution in [3.63, 3.8) is 0 Å². The minimum absolute atomic E-state index is 0. The van der Waals surface area contributed by atoms with Crippen molar-refractivity contribution >= 4 is 28.3 Å². The fraction of sp³-hybridized carbons (Fsp3) is 0.571. The number of nitrogens with one attached hydrogen (secondary N) is 1. The molecule has 1 fully saturated rings. The number of hydrogen-bond donors (Lipinski definition) is 1. The second-order valence-corrected chi connectivity index (χ2v) is 5.61. The molecule has 1 aliphatic rings. The summed E-state index contributed by atoms with van der Waals surface area (Å²) in [6.07, 6.45) is 8.36. The third-order valence-corrected chi connectivity index (χ3v) is 3.83. The summed E-state index contributed by atoms with van der Waals surface area (Å²) in [4.78, 5) is 0. The van der Waals surface area contributed by atoms with E-state index in [1.807, 2.05) is 0 Å². The van der Waals surface area contributed by atoms with E-state index in [-0.39, 0.29) is 12.4 Å². The van der Waals surface area contributed by atoms with Crippen molar-refractivity contribution in [3.8, 4) is 0 Å². The molecule has 3 heteroatoms. The van der Waals surface area contributed by atoms with Crippen molar-refractivity contribution < 1.29 is 0 Å². The van der Waals surface area contributed by atoms with E-state index in [0.717, 1.165) is 12.6 Å². The molecule has 1 nitrogen and oxygen atoms in total. The largest absolute Gasteiger partial charge is 0.310 e. The van der Waals surface area contributed by atoms with Crippen molar-refractivity contribution in [3.05, 3.63) is 34.3 Å². The molecule has 1 aromatic carbocycles. The summed E-state index contributed by atoms with van der Waals surface area (Å²) in [5.41, 5.74) is 1.37. The molecule has 0 amide bonds. The maximum atomic E-state index is 3.68. The molecule has 0 aliphatic heterocycles. The molecule has 2 rings (SSSR count). The molecule has 0 unspecified atom stereocenters. The van der Waals surface area contributed by atoms with Gasteiger partial charge in [-0.05, 0) is 30.5 Å². The van der Waals surface area contributed by atoms with Crippen molar-refractivity contribution in [2.75, 3.05) is 0 Å². The summed E-state index contributed by atoms with van der Waals surface area (Å²) in [6.45, 7) is 1.00. The standard InChI is InChI=1S/C14H20BrN.ClH/c15-13-7-5-6-12(10-13)11-16-14-8-3-1-2-4-9-14;/h5-7,10,14,16H,1-4,8-9,11H2;1H. The van der Waals surface area contributed by atoms with Gasteiger partial charge >= 0.3 is 0 Å². The monoisotopic (exact) mass is 317 g/mol. The van der Waals surface area contributed by atoms with Gasteiger partial charge in [0.25, 0.3) is 0 Å². The first-order chi connectivity index (χ1) is 7.84. The van der Waals surface area contributed by atoms with Crippen LogP contribution < -0.4 is 5.32 Å². The van der Waals surface area contributed by atoms with Gasteiger partial charge in [-0.3, -0.25) is 0 Å². The Morgan fingerprint density at radius 3 is 2.47 bits per heavy atom. The molecule has 0 heterocycles. The molecule has 1 aromatic rings. The third kappa shape index (κ3) is 5.41. The second-order valence-electron chi connectivity index (χ2n) is 4.70. The molecule has 1 saturated carbocycles. The Bertz CT molecular complexity index is 322. The average Bonchev–Trinajstić information content (AvgIpc) is 2.55. The molecule has 0 aromatic heterocycles. The zero-order valence-electron chi connectivity index (χ0n) is 10.1. The van der Waals surface area contributed by atoms with Crippen LogP contribution in [0.1, 0.15) is 44.1 Å². The van der Waals surface area contributed by atoms with Gasteiger partial charge in [-0.15, -0.1) is 12.4 Å². The minimum Gasteiger partial charge on any atom is -0.310 e. The predicted molar refractivity (Wildman–Crippen MR) is 79.7 cm³/mol. The Morgan fingerprint density at radius 2 is 1.82 bits per heavy atom. The molecule has 1 N–H and O–H groups in total. The van der Waals surface area contributed by atoms with E-state index in [9.17, 15) is 0 Å². The molecular weight excluding hydrogens is 298 g/mol. The summed E-state index contributed by atoms with van der Waals surface area (Å²) >= 11 is 3.51. The van der Waals surface area contributed by atoms with Gasteiger partial charge in [0.2, 0.25) is 0 Å². The number of benzene rings is 1. The van der Waals surface area contributed by atoms with E-state index < -0.39 is 0 Å². The fourth-order valence-electron chi connectivity index (χ4n) is 2.39. The lowest BCUT2D eigenvalue weighted by Crippen LogP contribution is -2.27. The van der Waals surface area contributed by atoms with E-state index in [2.05, 4.69) is 45.5 Å². The highest BCUT2D eigenvalue weighted by molar-refractivity contribution is 9.10. The van der Waals surface area contributed by atoms with Crippen molar-refractivity contribution in [2.45, 2.75) is 51.1 Å². The lowest BCUT2D eigenvalue weighted by Gasteiger charge is -2.16. The van der Waals surface area contributed by atoms with Gasteiger partial charge in [-0.1, -0.05) is 53.7 Å². The van der Waals surface area contributed by atoms with Gasteiger partial charge < -0.3 is 5.32 Å². The van der Waals surface area contributed by atoms with Crippen LogP contribution in [0.2, 0.25) is 0 Å². The zero-order chi connectivity index (χ0) is 11.2. The lowest BCUT2D eigenvalue weighted by atomic mass is 10.1. The molecule has 0 atom stereocenters. The summed E-state index contributed by atoms with van der Waals surface area (Å²) in [5, 5.41) is 3.68. The second kappa shape index (κ2) is 8.12. The molecule has 0 spiro atoms. The Hall–Kier alpha value is -0.0500. The Balaban J connectivity index is 0.00000144.